The van der Waals surface area contributed by atoms with E-state index in [4.69, 9.17) is 14.2 Å². The number of carbonyl (C=O) groups is 2. The molecule has 156 valence electrons. The molecule has 0 spiro atoms. The second kappa shape index (κ2) is 10.6. The van der Waals surface area contributed by atoms with E-state index < -0.39 is 17.5 Å². The Bertz CT molecular complexity index is 902. The highest BCUT2D eigenvalue weighted by atomic mass is 16.6. The van der Waals surface area contributed by atoms with Gasteiger partial charge in [0.15, 0.2) is 0 Å². The molecule has 5 nitrogen and oxygen atoms in total. The molecule has 0 fully saturated rings. The molecule has 3 rings (SSSR count). The maximum Gasteiger partial charge on any atom is 0.359 e. The van der Waals surface area contributed by atoms with E-state index in [1.165, 1.54) is 6.08 Å². The summed E-state index contributed by atoms with van der Waals surface area (Å²) in [4.78, 5) is 24.9. The van der Waals surface area contributed by atoms with Gasteiger partial charge in [-0.15, -0.1) is 0 Å². The van der Waals surface area contributed by atoms with Gasteiger partial charge in [0.05, 0.1) is 13.2 Å². The predicted molar refractivity (Wildman–Crippen MR) is 114 cm³/mol. The molecule has 2 aromatic rings. The van der Waals surface area contributed by atoms with Gasteiger partial charge in [-0.2, -0.15) is 0 Å². The van der Waals surface area contributed by atoms with Crippen LogP contribution in [0.25, 0.3) is 6.08 Å². The van der Waals surface area contributed by atoms with Gasteiger partial charge in [-0.25, -0.2) is 9.59 Å². The smallest absolute Gasteiger partial charge is 0.359 e. The summed E-state index contributed by atoms with van der Waals surface area (Å²) in [6, 6.07) is 19.4. The van der Waals surface area contributed by atoms with Crippen molar-refractivity contribution in [2.75, 3.05) is 13.2 Å². The largest absolute Gasteiger partial charge is 0.463 e. The first-order chi connectivity index (χ1) is 14.6. The Morgan fingerprint density at radius 2 is 1.77 bits per heavy atom. The highest BCUT2D eigenvalue weighted by Crippen LogP contribution is 2.35. The molecule has 2 aromatic carbocycles. The van der Waals surface area contributed by atoms with Gasteiger partial charge in [0.25, 0.3) is 0 Å². The molecule has 5 heteroatoms. The molecule has 0 aromatic heterocycles. The van der Waals surface area contributed by atoms with Crippen LogP contribution in [-0.2, 0) is 30.4 Å². The normalized spacial score (nSPS) is 18.3. The molecule has 0 saturated carbocycles. The highest BCUT2D eigenvalue weighted by Gasteiger charge is 2.48. The summed E-state index contributed by atoms with van der Waals surface area (Å²) in [6.07, 6.45) is 5.91. The van der Waals surface area contributed by atoms with Crippen molar-refractivity contribution in [3.05, 3.63) is 89.5 Å². The zero-order chi connectivity index (χ0) is 21.2. The lowest BCUT2D eigenvalue weighted by Gasteiger charge is -2.25. The van der Waals surface area contributed by atoms with Crippen LogP contribution in [0.5, 0.6) is 0 Å². The summed E-state index contributed by atoms with van der Waals surface area (Å²) < 4.78 is 16.5. The van der Waals surface area contributed by atoms with Gasteiger partial charge in [0, 0.05) is 12.7 Å². The summed E-state index contributed by atoms with van der Waals surface area (Å²) >= 11 is 0. The predicted octanol–water partition coefficient (Wildman–Crippen LogP) is 4.48. The molecule has 0 bridgehead atoms. The average Bonchev–Trinajstić information content (AvgIpc) is 3.10. The minimum Gasteiger partial charge on any atom is -0.463 e. The first-order valence-corrected chi connectivity index (χ1v) is 10.1. The SMILES string of the molecule is CCOC(=O)C1(/C=C/c2ccccc2)OC(=O)C=C1CCCOCc1ccccc1. The number of rotatable bonds is 10. The third-order valence-corrected chi connectivity index (χ3v) is 4.77. The van der Waals surface area contributed by atoms with Gasteiger partial charge in [-0.3, -0.25) is 0 Å². The van der Waals surface area contributed by atoms with E-state index in [0.29, 0.717) is 31.6 Å². The Morgan fingerprint density at radius 1 is 1.07 bits per heavy atom. The molecular weight excluding hydrogens is 380 g/mol. The zero-order valence-corrected chi connectivity index (χ0v) is 17.1. The number of hydrogen-bond donors (Lipinski definition) is 0. The summed E-state index contributed by atoms with van der Waals surface area (Å²) in [6.45, 7) is 2.95. The lowest BCUT2D eigenvalue weighted by Crippen LogP contribution is -2.41. The second-order valence-electron chi connectivity index (χ2n) is 6.93. The van der Waals surface area contributed by atoms with Crippen LogP contribution in [0.15, 0.2) is 78.4 Å². The molecule has 1 aliphatic rings. The Morgan fingerprint density at radius 3 is 2.47 bits per heavy atom. The molecule has 0 radical (unpaired) electrons. The number of carbonyl (C=O) groups excluding carboxylic acids is 2. The van der Waals surface area contributed by atoms with Gasteiger partial charge in [0.1, 0.15) is 0 Å². The molecule has 1 unspecified atom stereocenters. The third kappa shape index (κ3) is 5.45. The van der Waals surface area contributed by atoms with Crippen molar-refractivity contribution >= 4 is 18.0 Å². The van der Waals surface area contributed by atoms with Crippen LogP contribution in [0.2, 0.25) is 0 Å². The van der Waals surface area contributed by atoms with Crippen LogP contribution in [0.3, 0.4) is 0 Å². The number of hydrogen-bond acceptors (Lipinski definition) is 5. The van der Waals surface area contributed by atoms with E-state index in [-0.39, 0.29) is 6.61 Å². The van der Waals surface area contributed by atoms with Gasteiger partial charge in [-0.05, 0) is 42.5 Å². The Hall–Kier alpha value is -3.18. The quantitative estimate of drug-likeness (QED) is 0.430. The molecule has 0 N–H and O–H groups in total. The van der Waals surface area contributed by atoms with E-state index in [1.54, 1.807) is 19.1 Å². The first kappa shape index (κ1) is 21.5. The summed E-state index contributed by atoms with van der Waals surface area (Å²) in [5.41, 5.74) is 1.06. The Kier molecular flexibility index (Phi) is 7.57. The maximum absolute atomic E-state index is 12.8. The van der Waals surface area contributed by atoms with Crippen LogP contribution in [0, 0.1) is 0 Å². The van der Waals surface area contributed by atoms with Crippen LogP contribution in [0.4, 0.5) is 0 Å². The van der Waals surface area contributed by atoms with E-state index in [1.807, 2.05) is 60.7 Å². The van der Waals surface area contributed by atoms with Gasteiger partial charge >= 0.3 is 11.9 Å². The summed E-state index contributed by atoms with van der Waals surface area (Å²) in [5, 5.41) is 0. The molecule has 0 aliphatic carbocycles. The number of ether oxygens (including phenoxy) is 3. The Balaban J connectivity index is 1.67. The van der Waals surface area contributed by atoms with Gasteiger partial charge in [-0.1, -0.05) is 66.7 Å². The van der Waals surface area contributed by atoms with Crippen molar-refractivity contribution < 1.29 is 23.8 Å². The fourth-order valence-electron chi connectivity index (χ4n) is 3.29. The average molecular weight is 406 g/mol. The molecule has 1 aliphatic heterocycles. The molecule has 1 heterocycles. The minimum atomic E-state index is -1.53. The molecule has 0 saturated heterocycles. The van der Waals surface area contributed by atoms with E-state index in [0.717, 1.165) is 11.1 Å². The van der Waals surface area contributed by atoms with Crippen molar-refractivity contribution in [3.8, 4) is 0 Å². The first-order valence-electron chi connectivity index (χ1n) is 10.1. The topological polar surface area (TPSA) is 61.8 Å². The number of esters is 2. The number of benzene rings is 2. The van der Waals surface area contributed by atoms with E-state index >= 15 is 0 Å². The standard InChI is InChI=1S/C25H26O5/c1-2-29-24(27)25(16-15-20-10-5-3-6-11-20)22(18-23(26)30-25)14-9-17-28-19-21-12-7-4-8-13-21/h3-8,10-13,15-16,18H,2,9,14,17,19H2,1H3/b16-15+. The third-order valence-electron chi connectivity index (χ3n) is 4.77. The lowest BCUT2D eigenvalue weighted by molar-refractivity contribution is -0.167. The van der Waals surface area contributed by atoms with E-state index in [9.17, 15) is 9.59 Å². The summed E-state index contributed by atoms with van der Waals surface area (Å²) in [5.74, 6) is -1.12. The van der Waals surface area contributed by atoms with Crippen molar-refractivity contribution in [2.24, 2.45) is 0 Å². The number of cyclic esters (lactones) is 1. The molecule has 1 atom stereocenters. The van der Waals surface area contributed by atoms with Crippen LogP contribution in [0.1, 0.15) is 30.9 Å². The fraction of sp³-hybridized carbons (Fsp3) is 0.280. The van der Waals surface area contributed by atoms with Crippen LogP contribution >= 0.6 is 0 Å². The fourth-order valence-corrected chi connectivity index (χ4v) is 3.29. The molecular formula is C25H26O5. The van der Waals surface area contributed by atoms with Gasteiger partial charge in [0.2, 0.25) is 5.60 Å². The van der Waals surface area contributed by atoms with Crippen molar-refractivity contribution in [1.82, 2.24) is 0 Å². The minimum absolute atomic E-state index is 0.199. The molecule has 30 heavy (non-hydrogen) atoms. The van der Waals surface area contributed by atoms with Crippen molar-refractivity contribution in [3.63, 3.8) is 0 Å². The summed E-state index contributed by atoms with van der Waals surface area (Å²) in [7, 11) is 0. The second-order valence-corrected chi connectivity index (χ2v) is 6.93. The van der Waals surface area contributed by atoms with Crippen molar-refractivity contribution in [1.29, 1.82) is 0 Å². The monoisotopic (exact) mass is 406 g/mol. The highest BCUT2D eigenvalue weighted by molar-refractivity contribution is 5.98. The van der Waals surface area contributed by atoms with Crippen molar-refractivity contribution in [2.45, 2.75) is 32.0 Å². The Labute approximate surface area is 177 Å². The maximum atomic E-state index is 12.8. The van der Waals surface area contributed by atoms with Gasteiger partial charge < -0.3 is 14.2 Å². The lowest BCUT2D eigenvalue weighted by atomic mass is 9.90. The molecule has 0 amide bonds. The van der Waals surface area contributed by atoms with Crippen LogP contribution in [-0.4, -0.2) is 30.8 Å². The van der Waals surface area contributed by atoms with E-state index in [2.05, 4.69) is 0 Å². The zero-order valence-electron chi connectivity index (χ0n) is 17.1. The van der Waals surface area contributed by atoms with Crippen LogP contribution < -0.4 is 0 Å².